The van der Waals surface area contributed by atoms with Gasteiger partial charge in [-0.15, -0.1) is 6.58 Å². The molecule has 1 amide bonds. The summed E-state index contributed by atoms with van der Waals surface area (Å²) in [5.41, 5.74) is 4.98. The summed E-state index contributed by atoms with van der Waals surface area (Å²) in [5, 5.41) is 34.1. The Hall–Kier alpha value is -4.52. The number of rotatable bonds is 23. The van der Waals surface area contributed by atoms with Crippen LogP contribution in [0.4, 0.5) is 0 Å². The fourth-order valence-electron chi connectivity index (χ4n) is 9.65. The topological polar surface area (TPSA) is 140 Å². The maximum Gasteiger partial charge on any atom is 0.239 e. The molecule has 11 heteroatoms. The van der Waals surface area contributed by atoms with Gasteiger partial charge in [-0.05, 0) is 104 Å². The number of unbranched alkanes of at least 4 members (excludes halogenated alkanes) is 2. The summed E-state index contributed by atoms with van der Waals surface area (Å²) in [6, 6.07) is 23.8. The molecule has 0 radical (unpaired) electrons. The molecular formula is C49H62N2O9. The number of carbonyl (C=O) groups is 1. The van der Waals surface area contributed by atoms with Gasteiger partial charge in [-0.3, -0.25) is 4.79 Å². The van der Waals surface area contributed by atoms with E-state index in [1.54, 1.807) is 6.08 Å². The highest BCUT2D eigenvalue weighted by Crippen LogP contribution is 2.62. The van der Waals surface area contributed by atoms with Crippen LogP contribution in [0.5, 0.6) is 17.2 Å². The van der Waals surface area contributed by atoms with Gasteiger partial charge in [0.15, 0.2) is 0 Å². The third-order valence-electron chi connectivity index (χ3n) is 12.4. The molecule has 4 aliphatic rings. The molecule has 3 aromatic carbocycles. The lowest BCUT2D eigenvalue weighted by Gasteiger charge is -2.60. The quantitative estimate of drug-likeness (QED) is 0.0493. The van der Waals surface area contributed by atoms with Crippen molar-refractivity contribution in [2.45, 2.75) is 82.5 Å². The van der Waals surface area contributed by atoms with Crippen LogP contribution in [0.25, 0.3) is 11.1 Å². The van der Waals surface area contributed by atoms with Crippen LogP contribution in [0, 0.1) is 23.7 Å². The second kappa shape index (κ2) is 20.8. The van der Waals surface area contributed by atoms with E-state index in [0.29, 0.717) is 43.1 Å². The smallest absolute Gasteiger partial charge is 0.239 e. The Morgan fingerprint density at radius 2 is 1.65 bits per heavy atom. The Kier molecular flexibility index (Phi) is 15.1. The summed E-state index contributed by atoms with van der Waals surface area (Å²) in [6.07, 6.45) is 10.8. The van der Waals surface area contributed by atoms with E-state index in [1.165, 1.54) is 0 Å². The van der Waals surface area contributed by atoms with Crippen molar-refractivity contribution in [3.05, 3.63) is 103 Å². The van der Waals surface area contributed by atoms with Crippen molar-refractivity contribution in [3.8, 4) is 28.4 Å². The summed E-state index contributed by atoms with van der Waals surface area (Å²) < 4.78 is 26.8. The number of hydrogen-bond donors (Lipinski definition) is 3. The van der Waals surface area contributed by atoms with Gasteiger partial charge in [0.05, 0.1) is 38.1 Å². The minimum atomic E-state index is -1.34. The van der Waals surface area contributed by atoms with Crippen molar-refractivity contribution < 1.29 is 43.9 Å². The van der Waals surface area contributed by atoms with E-state index in [1.807, 2.05) is 54.3 Å². The van der Waals surface area contributed by atoms with Crippen LogP contribution in [0.15, 0.2) is 102 Å². The second-order valence-electron chi connectivity index (χ2n) is 16.3. The average Bonchev–Trinajstić information content (AvgIpc) is 4.13. The summed E-state index contributed by atoms with van der Waals surface area (Å²) >= 11 is 0. The number of aliphatic hydroxyl groups is 3. The van der Waals surface area contributed by atoms with Crippen molar-refractivity contribution >= 4 is 11.6 Å². The van der Waals surface area contributed by atoms with Crippen LogP contribution >= 0.6 is 0 Å². The van der Waals surface area contributed by atoms with Crippen LogP contribution in [-0.4, -0.2) is 96.5 Å². The third kappa shape index (κ3) is 9.66. The van der Waals surface area contributed by atoms with Crippen molar-refractivity contribution in [3.63, 3.8) is 0 Å². The highest BCUT2D eigenvalue weighted by Gasteiger charge is 2.65. The Morgan fingerprint density at radius 3 is 2.35 bits per heavy atom. The molecular weight excluding hydrogens is 761 g/mol. The lowest BCUT2D eigenvalue weighted by atomic mass is 9.55. The summed E-state index contributed by atoms with van der Waals surface area (Å²) in [6.45, 7) is 7.31. The van der Waals surface area contributed by atoms with E-state index in [0.717, 1.165) is 66.5 Å². The SMILES string of the molecule is C=CCO[C@@]12Oc3ccc(Oc4ccc(-c5ccccc5)cc4)cc3[C@H]3[C@H](CCCCO)[C@@H](CCCCO)C=C(C(=NOCC)C[C@@H]1N(CCOCCO)C(=O)C1CC1)[C@H]32. The van der Waals surface area contributed by atoms with Gasteiger partial charge in [0.2, 0.25) is 11.7 Å². The number of hydrogen-bond acceptors (Lipinski definition) is 10. The first-order valence-electron chi connectivity index (χ1n) is 22.0. The van der Waals surface area contributed by atoms with Gasteiger partial charge < -0.3 is 44.0 Å². The number of oxime groups is 1. The normalized spacial score (nSPS) is 24.8. The van der Waals surface area contributed by atoms with Crippen molar-refractivity contribution in [2.75, 3.05) is 52.8 Å². The van der Waals surface area contributed by atoms with Crippen molar-refractivity contribution in [2.24, 2.45) is 28.8 Å². The molecule has 0 saturated heterocycles. The molecule has 3 N–H and O–H groups in total. The molecule has 3 aromatic rings. The maximum absolute atomic E-state index is 14.5. The third-order valence-corrected chi connectivity index (χ3v) is 12.4. The number of nitrogens with zero attached hydrogens (tertiary/aromatic N) is 2. The van der Waals surface area contributed by atoms with Crippen LogP contribution < -0.4 is 9.47 Å². The molecule has 1 aliphatic heterocycles. The average molecular weight is 823 g/mol. The lowest BCUT2D eigenvalue weighted by Crippen LogP contribution is -2.70. The summed E-state index contributed by atoms with van der Waals surface area (Å²) in [7, 11) is 0. The predicted octanol–water partition coefficient (Wildman–Crippen LogP) is 8.05. The van der Waals surface area contributed by atoms with E-state index in [-0.39, 0.29) is 75.8 Å². The Labute approximate surface area is 354 Å². The van der Waals surface area contributed by atoms with Crippen LogP contribution in [0.1, 0.15) is 76.2 Å². The van der Waals surface area contributed by atoms with Gasteiger partial charge in [0.25, 0.3) is 0 Å². The molecule has 0 bridgehead atoms. The van der Waals surface area contributed by atoms with Crippen LogP contribution in [-0.2, 0) is 19.1 Å². The summed E-state index contributed by atoms with van der Waals surface area (Å²) in [5.74, 6) is 0.271. The molecule has 7 rings (SSSR count). The minimum Gasteiger partial charge on any atom is -0.459 e. The first-order valence-corrected chi connectivity index (χ1v) is 22.0. The molecule has 11 nitrogen and oxygen atoms in total. The molecule has 3 aliphatic carbocycles. The van der Waals surface area contributed by atoms with Crippen molar-refractivity contribution in [1.82, 2.24) is 4.90 Å². The predicted molar refractivity (Wildman–Crippen MR) is 231 cm³/mol. The van der Waals surface area contributed by atoms with Crippen molar-refractivity contribution in [1.29, 1.82) is 0 Å². The van der Waals surface area contributed by atoms with Gasteiger partial charge in [0, 0.05) is 43.6 Å². The molecule has 6 atom stereocenters. The molecule has 0 spiro atoms. The lowest BCUT2D eigenvalue weighted by molar-refractivity contribution is -0.258. The Morgan fingerprint density at radius 1 is 0.917 bits per heavy atom. The molecule has 60 heavy (non-hydrogen) atoms. The molecule has 322 valence electrons. The van der Waals surface area contributed by atoms with E-state index in [2.05, 4.69) is 43.0 Å². The van der Waals surface area contributed by atoms with Gasteiger partial charge in [-0.25, -0.2) is 0 Å². The Balaban J connectivity index is 1.38. The molecule has 1 heterocycles. The van der Waals surface area contributed by atoms with E-state index >= 15 is 0 Å². The number of benzene rings is 3. The fraction of sp³-hybridized carbons (Fsp3) is 0.510. The number of aliphatic hydroxyl groups excluding tert-OH is 3. The van der Waals surface area contributed by atoms with Gasteiger partial charge in [-0.2, -0.15) is 0 Å². The first-order chi connectivity index (χ1) is 29.5. The highest BCUT2D eigenvalue weighted by molar-refractivity contribution is 6.03. The number of allylic oxidation sites excluding steroid dienone is 1. The maximum atomic E-state index is 14.5. The van der Waals surface area contributed by atoms with Crippen LogP contribution in [0.3, 0.4) is 0 Å². The fourth-order valence-corrected chi connectivity index (χ4v) is 9.65. The zero-order chi connectivity index (χ0) is 41.9. The standard InChI is InChI=1S/C49H62N2O9/c1-3-28-57-49-45(51(24-29-56-30-27-54)48(55)36-16-17-36)33-43(50-58-4-2)41-31-37(14-8-10-25-52)40(15-9-11-26-53)46(47(41)49)42-32-39(22-23-44(42)60-49)59-38-20-18-35(19-21-38)34-12-6-5-7-13-34/h3,5-7,12-13,18-23,31-32,36-37,40,45-47,52-54H,1,4,8-11,14-17,24-30,33H2,2H3/t37-,40+,45-,46+,47+,49+/m0/s1. The monoisotopic (exact) mass is 822 g/mol. The number of ether oxygens (including phenoxy) is 4. The molecule has 0 aromatic heterocycles. The molecule has 2 fully saturated rings. The first kappa shape index (κ1) is 43.6. The Bertz CT molecular complexity index is 1930. The zero-order valence-corrected chi connectivity index (χ0v) is 35.0. The van der Waals surface area contributed by atoms with Crippen LogP contribution in [0.2, 0.25) is 0 Å². The molecule has 0 unspecified atom stereocenters. The summed E-state index contributed by atoms with van der Waals surface area (Å²) in [4.78, 5) is 22.2. The van der Waals surface area contributed by atoms with E-state index in [9.17, 15) is 20.1 Å². The van der Waals surface area contributed by atoms with E-state index < -0.39 is 17.7 Å². The number of carbonyl (C=O) groups excluding carboxylic acids is 1. The van der Waals surface area contributed by atoms with E-state index in [4.69, 9.17) is 28.9 Å². The number of fused-ring (bicyclic) bond motifs is 2. The molecule has 2 saturated carbocycles. The number of amides is 1. The zero-order valence-electron chi connectivity index (χ0n) is 35.0. The minimum absolute atomic E-state index is 0.0301. The van der Waals surface area contributed by atoms with Gasteiger partial charge in [-0.1, -0.05) is 72.6 Å². The van der Waals surface area contributed by atoms with Gasteiger partial charge in [0.1, 0.15) is 29.9 Å². The highest BCUT2D eigenvalue weighted by atomic mass is 16.7. The second-order valence-corrected chi connectivity index (χ2v) is 16.3. The van der Waals surface area contributed by atoms with Gasteiger partial charge >= 0.3 is 0 Å². The largest absolute Gasteiger partial charge is 0.459 e.